The van der Waals surface area contributed by atoms with E-state index in [4.69, 9.17) is 0 Å². The predicted molar refractivity (Wildman–Crippen MR) is 82.9 cm³/mol. The molecule has 104 valence electrons. The molecule has 0 aromatic heterocycles. The molecule has 0 aliphatic rings. The summed E-state index contributed by atoms with van der Waals surface area (Å²) in [6.45, 7) is 4.66. The van der Waals surface area contributed by atoms with E-state index in [2.05, 4.69) is 29.7 Å². The molecule has 2 aromatic carbocycles. The monoisotopic (exact) mass is 268 g/mol. The zero-order valence-corrected chi connectivity index (χ0v) is 11.9. The summed E-state index contributed by atoms with van der Waals surface area (Å²) in [5, 5.41) is 6.22. The summed E-state index contributed by atoms with van der Waals surface area (Å²) >= 11 is 0. The van der Waals surface area contributed by atoms with Crippen molar-refractivity contribution in [3.63, 3.8) is 0 Å². The zero-order chi connectivity index (χ0) is 14.4. The largest absolute Gasteiger partial charge is 0.379 e. The third kappa shape index (κ3) is 3.60. The van der Waals surface area contributed by atoms with Crippen LogP contribution in [-0.2, 0) is 0 Å². The Morgan fingerprint density at radius 2 is 1.85 bits per heavy atom. The molecule has 20 heavy (non-hydrogen) atoms. The number of amides is 1. The van der Waals surface area contributed by atoms with E-state index in [0.717, 1.165) is 5.69 Å². The Bertz CT molecular complexity index is 566. The first-order chi connectivity index (χ1) is 9.70. The van der Waals surface area contributed by atoms with Crippen LogP contribution in [0.2, 0.25) is 0 Å². The number of anilines is 1. The van der Waals surface area contributed by atoms with E-state index in [9.17, 15) is 4.79 Å². The number of carbonyl (C=O) groups excluding carboxylic acids is 1. The number of hydrogen-bond donors (Lipinski definition) is 2. The fourth-order valence-electron chi connectivity index (χ4n) is 2.09. The lowest BCUT2D eigenvalue weighted by Crippen LogP contribution is -2.22. The van der Waals surface area contributed by atoms with Crippen LogP contribution < -0.4 is 10.6 Å². The summed E-state index contributed by atoms with van der Waals surface area (Å²) < 4.78 is 0. The Morgan fingerprint density at radius 3 is 2.55 bits per heavy atom. The van der Waals surface area contributed by atoms with Gasteiger partial charge in [0.25, 0.3) is 5.91 Å². The van der Waals surface area contributed by atoms with Crippen LogP contribution in [0.5, 0.6) is 0 Å². The number of benzene rings is 2. The second-order valence-corrected chi connectivity index (χ2v) is 4.72. The van der Waals surface area contributed by atoms with Gasteiger partial charge in [0.05, 0.1) is 0 Å². The maximum absolute atomic E-state index is 11.8. The molecule has 0 saturated carbocycles. The minimum atomic E-state index is -0.0384. The van der Waals surface area contributed by atoms with Crippen molar-refractivity contribution in [2.75, 3.05) is 11.9 Å². The Hall–Kier alpha value is -2.29. The van der Waals surface area contributed by atoms with E-state index < -0.39 is 0 Å². The summed E-state index contributed by atoms with van der Waals surface area (Å²) in [4.78, 5) is 11.8. The van der Waals surface area contributed by atoms with Crippen LogP contribution in [0.15, 0.2) is 54.6 Å². The molecular formula is C17H20N2O. The van der Waals surface area contributed by atoms with Gasteiger partial charge in [-0.3, -0.25) is 4.79 Å². The zero-order valence-electron chi connectivity index (χ0n) is 11.9. The first-order valence-corrected chi connectivity index (χ1v) is 6.90. The first kappa shape index (κ1) is 14.1. The third-order valence-electron chi connectivity index (χ3n) is 3.14. The maximum atomic E-state index is 11.8. The summed E-state index contributed by atoms with van der Waals surface area (Å²) in [7, 11) is 0. The molecule has 1 atom stereocenters. The fourth-order valence-corrected chi connectivity index (χ4v) is 2.09. The SMILES string of the molecule is CCNC(=O)c1cccc(NC(C)c2ccccc2)c1. The van der Waals surface area contributed by atoms with Crippen LogP contribution in [0.1, 0.15) is 35.8 Å². The Kier molecular flexibility index (Phi) is 4.77. The summed E-state index contributed by atoms with van der Waals surface area (Å²) in [6, 6.07) is 18.0. The van der Waals surface area contributed by atoms with E-state index in [1.54, 1.807) is 0 Å². The van der Waals surface area contributed by atoms with Crippen LogP contribution in [0.25, 0.3) is 0 Å². The molecule has 1 amide bonds. The van der Waals surface area contributed by atoms with Gasteiger partial charge in [-0.15, -0.1) is 0 Å². The second-order valence-electron chi connectivity index (χ2n) is 4.72. The van der Waals surface area contributed by atoms with Crippen molar-refractivity contribution in [3.8, 4) is 0 Å². The molecule has 0 spiro atoms. The van der Waals surface area contributed by atoms with Gasteiger partial charge >= 0.3 is 0 Å². The van der Waals surface area contributed by atoms with Crippen LogP contribution in [0.3, 0.4) is 0 Å². The topological polar surface area (TPSA) is 41.1 Å². The van der Waals surface area contributed by atoms with Crippen LogP contribution in [0.4, 0.5) is 5.69 Å². The van der Waals surface area contributed by atoms with Crippen molar-refractivity contribution in [1.82, 2.24) is 5.32 Å². The van der Waals surface area contributed by atoms with Crippen molar-refractivity contribution in [2.45, 2.75) is 19.9 Å². The minimum absolute atomic E-state index is 0.0384. The number of carbonyl (C=O) groups is 1. The predicted octanol–water partition coefficient (Wildman–Crippen LogP) is 3.61. The third-order valence-corrected chi connectivity index (χ3v) is 3.14. The van der Waals surface area contributed by atoms with E-state index in [0.29, 0.717) is 12.1 Å². The van der Waals surface area contributed by atoms with Gasteiger partial charge in [0.2, 0.25) is 0 Å². The van der Waals surface area contributed by atoms with Gasteiger partial charge in [-0.1, -0.05) is 36.4 Å². The average Bonchev–Trinajstić information content (AvgIpc) is 2.48. The molecule has 2 rings (SSSR count). The van der Waals surface area contributed by atoms with Crippen molar-refractivity contribution in [2.24, 2.45) is 0 Å². The van der Waals surface area contributed by atoms with Crippen molar-refractivity contribution >= 4 is 11.6 Å². The quantitative estimate of drug-likeness (QED) is 0.869. The first-order valence-electron chi connectivity index (χ1n) is 6.90. The van der Waals surface area contributed by atoms with Crippen LogP contribution >= 0.6 is 0 Å². The lowest BCUT2D eigenvalue weighted by atomic mass is 10.1. The average molecular weight is 268 g/mol. The molecular weight excluding hydrogens is 248 g/mol. The normalized spacial score (nSPS) is 11.7. The summed E-state index contributed by atoms with van der Waals surface area (Å²) in [6.07, 6.45) is 0. The Balaban J connectivity index is 2.10. The van der Waals surface area contributed by atoms with Crippen LogP contribution in [0, 0.1) is 0 Å². The molecule has 0 fully saturated rings. The lowest BCUT2D eigenvalue weighted by Gasteiger charge is -2.16. The van der Waals surface area contributed by atoms with E-state index >= 15 is 0 Å². The van der Waals surface area contributed by atoms with Crippen molar-refractivity contribution in [3.05, 3.63) is 65.7 Å². The molecule has 0 radical (unpaired) electrons. The van der Waals surface area contributed by atoms with Crippen LogP contribution in [-0.4, -0.2) is 12.5 Å². The van der Waals surface area contributed by atoms with Gasteiger partial charge in [-0.25, -0.2) is 0 Å². The number of rotatable bonds is 5. The number of nitrogens with one attached hydrogen (secondary N) is 2. The fraction of sp³-hybridized carbons (Fsp3) is 0.235. The summed E-state index contributed by atoms with van der Waals surface area (Å²) in [5.74, 6) is -0.0384. The molecule has 3 nitrogen and oxygen atoms in total. The molecule has 0 bridgehead atoms. The summed E-state index contributed by atoms with van der Waals surface area (Å²) in [5.41, 5.74) is 2.85. The molecule has 2 aromatic rings. The molecule has 0 saturated heterocycles. The van der Waals surface area contributed by atoms with Crippen molar-refractivity contribution < 1.29 is 4.79 Å². The molecule has 2 N–H and O–H groups in total. The van der Waals surface area contributed by atoms with Gasteiger partial charge in [-0.05, 0) is 37.6 Å². The molecule has 1 unspecified atom stereocenters. The second kappa shape index (κ2) is 6.75. The molecule has 0 aliphatic heterocycles. The highest BCUT2D eigenvalue weighted by Gasteiger charge is 2.07. The van der Waals surface area contributed by atoms with Gasteiger partial charge in [0.1, 0.15) is 0 Å². The maximum Gasteiger partial charge on any atom is 0.251 e. The van der Waals surface area contributed by atoms with Gasteiger partial charge in [-0.2, -0.15) is 0 Å². The van der Waals surface area contributed by atoms with Gasteiger partial charge in [0, 0.05) is 23.8 Å². The highest BCUT2D eigenvalue weighted by molar-refractivity contribution is 5.95. The molecule has 0 heterocycles. The Labute approximate surface area is 120 Å². The smallest absolute Gasteiger partial charge is 0.251 e. The standard InChI is InChI=1S/C17H20N2O/c1-3-18-17(20)15-10-7-11-16(12-15)19-13(2)14-8-5-4-6-9-14/h4-13,19H,3H2,1-2H3,(H,18,20). The minimum Gasteiger partial charge on any atom is -0.379 e. The highest BCUT2D eigenvalue weighted by atomic mass is 16.1. The van der Waals surface area contributed by atoms with E-state index in [1.165, 1.54) is 5.56 Å². The van der Waals surface area contributed by atoms with Gasteiger partial charge < -0.3 is 10.6 Å². The van der Waals surface area contributed by atoms with Crippen molar-refractivity contribution in [1.29, 1.82) is 0 Å². The van der Waals surface area contributed by atoms with E-state index in [-0.39, 0.29) is 11.9 Å². The number of hydrogen-bond acceptors (Lipinski definition) is 2. The molecule has 3 heteroatoms. The van der Waals surface area contributed by atoms with E-state index in [1.807, 2.05) is 49.4 Å². The highest BCUT2D eigenvalue weighted by Crippen LogP contribution is 2.19. The Morgan fingerprint density at radius 1 is 1.10 bits per heavy atom. The lowest BCUT2D eigenvalue weighted by molar-refractivity contribution is 0.0956. The molecule has 0 aliphatic carbocycles. The van der Waals surface area contributed by atoms with Gasteiger partial charge in [0.15, 0.2) is 0 Å².